The van der Waals surface area contributed by atoms with Gasteiger partial charge >= 0.3 is 0 Å². The minimum atomic E-state index is -0.166. The maximum atomic E-state index is 12.8. The number of carbonyl (C=O) groups excluding carboxylic acids is 1. The van der Waals surface area contributed by atoms with Gasteiger partial charge in [0.15, 0.2) is 0 Å². The molecule has 1 aliphatic heterocycles. The Morgan fingerprint density at radius 1 is 1.20 bits per heavy atom. The summed E-state index contributed by atoms with van der Waals surface area (Å²) < 4.78 is 5.55. The Bertz CT molecular complexity index is 527. The maximum absolute atomic E-state index is 12.8. The first-order valence-electron chi connectivity index (χ1n) is 7.61. The van der Waals surface area contributed by atoms with E-state index < -0.39 is 0 Å². The van der Waals surface area contributed by atoms with Crippen molar-refractivity contribution >= 4 is 5.91 Å². The van der Waals surface area contributed by atoms with Crippen molar-refractivity contribution in [3.8, 4) is 0 Å². The molecule has 0 radical (unpaired) electrons. The van der Waals surface area contributed by atoms with Gasteiger partial charge in [0.2, 0.25) is 5.91 Å². The smallest absolute Gasteiger partial charge is 0.229 e. The zero-order chi connectivity index (χ0) is 13.8. The van der Waals surface area contributed by atoms with Crippen molar-refractivity contribution in [2.24, 2.45) is 11.3 Å². The van der Waals surface area contributed by atoms with E-state index in [2.05, 4.69) is 29.2 Å². The molecule has 1 saturated heterocycles. The highest BCUT2D eigenvalue weighted by Crippen LogP contribution is 2.76. The summed E-state index contributed by atoms with van der Waals surface area (Å²) in [5.41, 5.74) is 1.14. The van der Waals surface area contributed by atoms with Crippen molar-refractivity contribution in [2.45, 2.75) is 31.2 Å². The molecule has 2 saturated carbocycles. The van der Waals surface area contributed by atoms with Crippen LogP contribution in [0.5, 0.6) is 0 Å². The third-order valence-corrected chi connectivity index (χ3v) is 5.69. The highest BCUT2D eigenvalue weighted by molar-refractivity contribution is 5.90. The van der Waals surface area contributed by atoms with Crippen molar-refractivity contribution in [1.82, 2.24) is 4.90 Å². The van der Waals surface area contributed by atoms with Crippen molar-refractivity contribution in [3.05, 3.63) is 35.9 Å². The molecule has 1 amide bonds. The minimum Gasteiger partial charge on any atom is -0.381 e. The van der Waals surface area contributed by atoms with E-state index in [0.717, 1.165) is 38.9 Å². The lowest BCUT2D eigenvalue weighted by Gasteiger charge is -2.45. The Labute approximate surface area is 119 Å². The van der Waals surface area contributed by atoms with Gasteiger partial charge in [-0.1, -0.05) is 30.3 Å². The zero-order valence-corrected chi connectivity index (χ0v) is 12.0. The lowest BCUT2D eigenvalue weighted by Crippen LogP contribution is -2.51. The van der Waals surface area contributed by atoms with Crippen LogP contribution >= 0.6 is 0 Å². The largest absolute Gasteiger partial charge is 0.381 e. The lowest BCUT2D eigenvalue weighted by atomic mass is 9.80. The number of carbonyl (C=O) groups is 1. The summed E-state index contributed by atoms with van der Waals surface area (Å²) in [6.07, 6.45) is 4.05. The van der Waals surface area contributed by atoms with Crippen LogP contribution in [0.4, 0.5) is 0 Å². The lowest BCUT2D eigenvalue weighted by molar-refractivity contribution is -0.144. The molecule has 3 nitrogen and oxygen atoms in total. The first kappa shape index (κ1) is 12.4. The molecule has 3 aliphatic rings. The van der Waals surface area contributed by atoms with Gasteiger partial charge in [-0.05, 0) is 37.2 Å². The molecule has 3 fully saturated rings. The Balaban J connectivity index is 1.69. The van der Waals surface area contributed by atoms with Gasteiger partial charge < -0.3 is 9.64 Å². The van der Waals surface area contributed by atoms with E-state index in [1.54, 1.807) is 0 Å². The molecule has 0 spiro atoms. The second kappa shape index (κ2) is 4.08. The van der Waals surface area contributed by atoms with Crippen LogP contribution in [0.2, 0.25) is 0 Å². The van der Waals surface area contributed by atoms with E-state index in [4.69, 9.17) is 4.74 Å². The van der Waals surface area contributed by atoms with Gasteiger partial charge in [0.25, 0.3) is 0 Å². The fourth-order valence-corrected chi connectivity index (χ4v) is 3.85. The van der Waals surface area contributed by atoms with Crippen LogP contribution in [0.3, 0.4) is 0 Å². The molecule has 0 unspecified atom stereocenters. The normalized spacial score (nSPS) is 33.1. The topological polar surface area (TPSA) is 29.5 Å². The first-order valence-corrected chi connectivity index (χ1v) is 7.61. The zero-order valence-electron chi connectivity index (χ0n) is 12.0. The highest BCUT2D eigenvalue weighted by atomic mass is 16.5. The predicted octanol–water partition coefficient (Wildman–Crippen LogP) is 2.56. The number of ether oxygens (including phenoxy) is 1. The summed E-state index contributed by atoms with van der Waals surface area (Å²) in [6, 6.07) is 10.5. The monoisotopic (exact) mass is 271 g/mol. The van der Waals surface area contributed by atoms with E-state index in [0.29, 0.717) is 11.8 Å². The summed E-state index contributed by atoms with van der Waals surface area (Å²) in [6.45, 7) is 1.48. The van der Waals surface area contributed by atoms with Gasteiger partial charge in [-0.2, -0.15) is 0 Å². The number of nitrogens with zero attached hydrogens (tertiary/aromatic N) is 1. The fourth-order valence-electron chi connectivity index (χ4n) is 3.85. The molecule has 106 valence electrons. The molecule has 0 N–H and O–H groups in total. The van der Waals surface area contributed by atoms with Crippen LogP contribution in [-0.4, -0.2) is 31.1 Å². The maximum Gasteiger partial charge on any atom is 0.229 e. The van der Waals surface area contributed by atoms with Gasteiger partial charge in [-0.25, -0.2) is 0 Å². The number of rotatable bonds is 3. The van der Waals surface area contributed by atoms with E-state index in [1.165, 1.54) is 5.56 Å². The fraction of sp³-hybridized carbons (Fsp3) is 0.588. The Morgan fingerprint density at radius 3 is 2.35 bits per heavy atom. The predicted molar refractivity (Wildman–Crippen MR) is 76.1 cm³/mol. The SMILES string of the molecule is CN(C(=O)C12CC1C2)C1(c2ccccc2)CCOCC1. The Morgan fingerprint density at radius 2 is 1.80 bits per heavy atom. The van der Waals surface area contributed by atoms with Crippen molar-refractivity contribution in [1.29, 1.82) is 0 Å². The van der Waals surface area contributed by atoms with Crippen LogP contribution in [0.25, 0.3) is 0 Å². The molecule has 1 aromatic rings. The second-order valence-electron chi connectivity index (χ2n) is 6.64. The average molecular weight is 271 g/mol. The molecule has 3 heteroatoms. The molecular formula is C17H21NO2. The summed E-state index contributed by atoms with van der Waals surface area (Å²) in [5, 5.41) is 0. The molecule has 2 aliphatic carbocycles. The molecule has 4 rings (SSSR count). The molecule has 0 atom stereocenters. The molecule has 1 heterocycles. The summed E-state index contributed by atoms with van der Waals surface area (Å²) in [4.78, 5) is 14.9. The van der Waals surface area contributed by atoms with Crippen LogP contribution in [0.1, 0.15) is 31.2 Å². The summed E-state index contributed by atoms with van der Waals surface area (Å²) in [5.74, 6) is 1.07. The van der Waals surface area contributed by atoms with Gasteiger partial charge in [-0.3, -0.25) is 4.79 Å². The van der Waals surface area contributed by atoms with Crippen molar-refractivity contribution in [2.75, 3.05) is 20.3 Å². The van der Waals surface area contributed by atoms with Crippen LogP contribution in [0.15, 0.2) is 30.3 Å². The van der Waals surface area contributed by atoms with Crippen LogP contribution in [0, 0.1) is 11.3 Å². The highest BCUT2D eigenvalue weighted by Gasteiger charge is 2.75. The Hall–Kier alpha value is -1.35. The number of hydrogen-bond acceptors (Lipinski definition) is 2. The van der Waals surface area contributed by atoms with Crippen LogP contribution in [-0.2, 0) is 15.1 Å². The van der Waals surface area contributed by atoms with Crippen LogP contribution < -0.4 is 0 Å². The standard InChI is InChI=1S/C17H21NO2/c1-18(15(19)16-11-14(16)12-16)17(7-9-20-10-8-17)13-5-3-2-4-6-13/h2-6,14H,7-12H2,1H3. The number of benzene rings is 1. The molecule has 0 bridgehead atoms. The molecule has 0 aromatic heterocycles. The number of hydrogen-bond donors (Lipinski definition) is 0. The molecule has 1 aromatic carbocycles. The molecular weight excluding hydrogens is 250 g/mol. The molecule has 20 heavy (non-hydrogen) atoms. The van der Waals surface area contributed by atoms with Crippen molar-refractivity contribution in [3.63, 3.8) is 0 Å². The van der Waals surface area contributed by atoms with E-state index in [1.807, 2.05) is 13.1 Å². The third-order valence-electron chi connectivity index (χ3n) is 5.69. The van der Waals surface area contributed by atoms with Gasteiger partial charge in [0.05, 0.1) is 11.0 Å². The Kier molecular flexibility index (Phi) is 2.53. The third kappa shape index (κ3) is 1.59. The van der Waals surface area contributed by atoms with Gasteiger partial charge in [0, 0.05) is 20.3 Å². The quantitative estimate of drug-likeness (QED) is 0.845. The number of amides is 1. The average Bonchev–Trinajstić information content (AvgIpc) is 3.37. The summed E-state index contributed by atoms with van der Waals surface area (Å²) >= 11 is 0. The first-order chi connectivity index (χ1) is 9.69. The number of fused-ring (bicyclic) bond motifs is 1. The van der Waals surface area contributed by atoms with E-state index >= 15 is 0 Å². The minimum absolute atomic E-state index is 0.0504. The second-order valence-corrected chi connectivity index (χ2v) is 6.64. The summed E-state index contributed by atoms with van der Waals surface area (Å²) in [7, 11) is 2.00. The van der Waals surface area contributed by atoms with E-state index in [-0.39, 0.29) is 11.0 Å². The van der Waals surface area contributed by atoms with Gasteiger partial charge in [0.1, 0.15) is 0 Å². The van der Waals surface area contributed by atoms with Gasteiger partial charge in [-0.15, -0.1) is 0 Å². The van der Waals surface area contributed by atoms with E-state index in [9.17, 15) is 4.79 Å². The van der Waals surface area contributed by atoms with Crippen molar-refractivity contribution < 1.29 is 9.53 Å².